The molecule has 7 nitrogen and oxygen atoms in total. The highest BCUT2D eigenvalue weighted by molar-refractivity contribution is 7.89. The molecule has 0 saturated carbocycles. The van der Waals surface area contributed by atoms with Gasteiger partial charge < -0.3 is 10.6 Å². The van der Waals surface area contributed by atoms with Crippen LogP contribution in [-0.2, 0) is 26.0 Å². The van der Waals surface area contributed by atoms with Crippen LogP contribution in [0.2, 0.25) is 0 Å². The molecule has 0 radical (unpaired) electrons. The van der Waals surface area contributed by atoms with Gasteiger partial charge in [0.25, 0.3) is 0 Å². The molecule has 2 aliphatic heterocycles. The Morgan fingerprint density at radius 1 is 1.38 bits per heavy atom. The summed E-state index contributed by atoms with van der Waals surface area (Å²) < 4.78 is 27.5. The first-order valence-corrected chi connectivity index (χ1v) is 10.1. The maximum atomic E-state index is 13.0. The zero-order valence-electron chi connectivity index (χ0n) is 14.7. The van der Waals surface area contributed by atoms with Gasteiger partial charge in [-0.2, -0.15) is 4.31 Å². The molecule has 1 aromatic rings. The number of anilines is 1. The number of hydrogen-bond donors (Lipinski definition) is 2. The zero-order chi connectivity index (χ0) is 18.9. The highest BCUT2D eigenvalue weighted by Gasteiger charge is 2.34. The van der Waals surface area contributed by atoms with Crippen LogP contribution in [0.4, 0.5) is 5.69 Å². The number of carbonyl (C=O) groups is 2. The second-order valence-electron chi connectivity index (χ2n) is 6.82. The molecular formula is C18H23N3O4S. The number of nitrogens with zero attached hydrogens (tertiary/aromatic N) is 1. The van der Waals surface area contributed by atoms with Crippen molar-refractivity contribution in [3.8, 4) is 0 Å². The van der Waals surface area contributed by atoms with Crippen LogP contribution >= 0.6 is 0 Å². The molecule has 26 heavy (non-hydrogen) atoms. The summed E-state index contributed by atoms with van der Waals surface area (Å²) in [6.45, 7) is 6.06. The summed E-state index contributed by atoms with van der Waals surface area (Å²) in [7, 11) is -3.61. The largest absolute Gasteiger partial charge is 0.349 e. The predicted octanol–water partition coefficient (Wildman–Crippen LogP) is 1.27. The molecule has 2 heterocycles. The third kappa shape index (κ3) is 3.66. The molecule has 0 aromatic heterocycles. The van der Waals surface area contributed by atoms with Gasteiger partial charge in [0.15, 0.2) is 0 Å². The minimum Gasteiger partial charge on any atom is -0.349 e. The fourth-order valence-corrected chi connectivity index (χ4v) is 5.06. The summed E-state index contributed by atoms with van der Waals surface area (Å²) in [5.41, 5.74) is 1.52. The van der Waals surface area contributed by atoms with E-state index in [1.165, 1.54) is 16.4 Å². The van der Waals surface area contributed by atoms with Crippen molar-refractivity contribution in [2.24, 2.45) is 5.92 Å². The molecule has 2 N–H and O–H groups in total. The highest BCUT2D eigenvalue weighted by Crippen LogP contribution is 2.29. The second kappa shape index (κ2) is 7.20. The lowest BCUT2D eigenvalue weighted by Gasteiger charge is -2.36. The minimum atomic E-state index is -3.61. The zero-order valence-corrected chi connectivity index (χ0v) is 15.5. The van der Waals surface area contributed by atoms with Gasteiger partial charge in [-0.1, -0.05) is 13.5 Å². The number of benzene rings is 1. The summed E-state index contributed by atoms with van der Waals surface area (Å²) in [6, 6.07) is 4.78. The first kappa shape index (κ1) is 18.6. The van der Waals surface area contributed by atoms with E-state index in [9.17, 15) is 18.0 Å². The SMILES string of the molecule is C=CC(=O)NC1CCN(S(=O)(=O)c2ccc3c(c2)CCC(=O)N3)CC1C. The number of hydrogen-bond acceptors (Lipinski definition) is 4. The van der Waals surface area contributed by atoms with Crippen molar-refractivity contribution in [1.29, 1.82) is 0 Å². The van der Waals surface area contributed by atoms with Crippen LogP contribution < -0.4 is 10.6 Å². The Morgan fingerprint density at radius 2 is 2.15 bits per heavy atom. The molecule has 8 heteroatoms. The molecule has 0 aliphatic carbocycles. The molecule has 1 saturated heterocycles. The topological polar surface area (TPSA) is 95.6 Å². The number of aryl methyl sites for hydroxylation is 1. The van der Waals surface area contributed by atoms with E-state index in [0.717, 1.165) is 5.56 Å². The minimum absolute atomic E-state index is 0.000611. The number of sulfonamides is 1. The first-order valence-electron chi connectivity index (χ1n) is 8.67. The number of piperidine rings is 1. The van der Waals surface area contributed by atoms with Crippen LogP contribution in [-0.4, -0.2) is 43.7 Å². The van der Waals surface area contributed by atoms with Gasteiger partial charge in [0.2, 0.25) is 21.8 Å². The van der Waals surface area contributed by atoms with Crippen LogP contribution in [0.15, 0.2) is 35.7 Å². The van der Waals surface area contributed by atoms with Crippen LogP contribution in [0.1, 0.15) is 25.3 Å². The third-order valence-electron chi connectivity index (χ3n) is 4.99. The Kier molecular flexibility index (Phi) is 5.15. The van der Waals surface area contributed by atoms with Crippen LogP contribution in [0.3, 0.4) is 0 Å². The van der Waals surface area contributed by atoms with Crippen molar-refractivity contribution < 1.29 is 18.0 Å². The smallest absolute Gasteiger partial charge is 0.243 e. The first-order chi connectivity index (χ1) is 12.3. The van der Waals surface area contributed by atoms with E-state index >= 15 is 0 Å². The van der Waals surface area contributed by atoms with Gasteiger partial charge in [-0.25, -0.2) is 8.42 Å². The van der Waals surface area contributed by atoms with Crippen molar-refractivity contribution in [2.75, 3.05) is 18.4 Å². The Hall–Kier alpha value is -2.19. The fraction of sp³-hybridized carbons (Fsp3) is 0.444. The average Bonchev–Trinajstić information content (AvgIpc) is 2.62. The highest BCUT2D eigenvalue weighted by atomic mass is 32.2. The monoisotopic (exact) mass is 377 g/mol. The average molecular weight is 377 g/mol. The molecule has 2 unspecified atom stereocenters. The summed E-state index contributed by atoms with van der Waals surface area (Å²) in [5, 5.41) is 5.62. The summed E-state index contributed by atoms with van der Waals surface area (Å²) in [6.07, 6.45) is 2.68. The van der Waals surface area contributed by atoms with E-state index in [1.54, 1.807) is 12.1 Å². The van der Waals surface area contributed by atoms with Crippen molar-refractivity contribution >= 4 is 27.5 Å². The normalized spacial score (nSPS) is 23.7. The lowest BCUT2D eigenvalue weighted by Crippen LogP contribution is -2.51. The summed E-state index contributed by atoms with van der Waals surface area (Å²) in [5.74, 6) is -0.292. The molecule has 2 atom stereocenters. The maximum Gasteiger partial charge on any atom is 0.243 e. The molecule has 140 valence electrons. The number of carbonyl (C=O) groups excluding carboxylic acids is 2. The Balaban J connectivity index is 1.76. The molecular weight excluding hydrogens is 354 g/mol. The second-order valence-corrected chi connectivity index (χ2v) is 8.75. The fourth-order valence-electron chi connectivity index (χ4n) is 3.45. The van der Waals surface area contributed by atoms with Gasteiger partial charge in [-0.15, -0.1) is 0 Å². The molecule has 2 aliphatic rings. The van der Waals surface area contributed by atoms with Crippen LogP contribution in [0.5, 0.6) is 0 Å². The lowest BCUT2D eigenvalue weighted by molar-refractivity contribution is -0.118. The van der Waals surface area contributed by atoms with E-state index < -0.39 is 10.0 Å². The van der Waals surface area contributed by atoms with Crippen molar-refractivity contribution in [1.82, 2.24) is 9.62 Å². The van der Waals surface area contributed by atoms with E-state index in [0.29, 0.717) is 38.0 Å². The standard InChI is InChI=1S/C18H23N3O4S/c1-3-17(22)19-15-8-9-21(11-12(15)2)26(24,25)14-5-6-16-13(10-14)4-7-18(23)20-16/h3,5-6,10,12,15H,1,4,7-9,11H2,2H3,(H,19,22)(H,20,23). The van der Waals surface area contributed by atoms with Gasteiger partial charge in [-0.05, 0) is 48.6 Å². The third-order valence-corrected chi connectivity index (χ3v) is 6.85. The molecule has 1 fully saturated rings. The van der Waals surface area contributed by atoms with Gasteiger partial charge in [0.1, 0.15) is 0 Å². The van der Waals surface area contributed by atoms with Crippen molar-refractivity contribution in [3.63, 3.8) is 0 Å². The summed E-state index contributed by atoms with van der Waals surface area (Å²) in [4.78, 5) is 23.2. The molecule has 1 aromatic carbocycles. The quantitative estimate of drug-likeness (QED) is 0.773. The van der Waals surface area contributed by atoms with Crippen LogP contribution in [0.25, 0.3) is 0 Å². The number of amides is 2. The summed E-state index contributed by atoms with van der Waals surface area (Å²) >= 11 is 0. The van der Waals surface area contributed by atoms with Gasteiger partial charge in [0, 0.05) is 31.2 Å². The van der Waals surface area contributed by atoms with Crippen molar-refractivity contribution in [3.05, 3.63) is 36.4 Å². The van der Waals surface area contributed by atoms with E-state index in [4.69, 9.17) is 0 Å². The lowest BCUT2D eigenvalue weighted by atomic mass is 9.95. The Bertz CT molecular complexity index is 850. The van der Waals surface area contributed by atoms with Gasteiger partial charge >= 0.3 is 0 Å². The van der Waals surface area contributed by atoms with Crippen LogP contribution in [0, 0.1) is 5.92 Å². The van der Waals surface area contributed by atoms with Gasteiger partial charge in [-0.3, -0.25) is 9.59 Å². The number of fused-ring (bicyclic) bond motifs is 1. The molecule has 0 spiro atoms. The molecule has 2 amide bonds. The van der Waals surface area contributed by atoms with E-state index in [1.807, 2.05) is 6.92 Å². The molecule has 0 bridgehead atoms. The Morgan fingerprint density at radius 3 is 2.85 bits per heavy atom. The maximum absolute atomic E-state index is 13.0. The van der Waals surface area contributed by atoms with E-state index in [-0.39, 0.29) is 28.7 Å². The number of rotatable bonds is 4. The van der Waals surface area contributed by atoms with E-state index in [2.05, 4.69) is 17.2 Å². The van der Waals surface area contributed by atoms with Gasteiger partial charge in [0.05, 0.1) is 4.90 Å². The predicted molar refractivity (Wildman–Crippen MR) is 98.1 cm³/mol. The number of nitrogens with one attached hydrogen (secondary N) is 2. The Labute approximate surface area is 153 Å². The van der Waals surface area contributed by atoms with Crippen molar-refractivity contribution in [2.45, 2.75) is 37.1 Å². The molecule has 3 rings (SSSR count).